The lowest BCUT2D eigenvalue weighted by molar-refractivity contribution is 0.0827. The van der Waals surface area contributed by atoms with Gasteiger partial charge in [0.1, 0.15) is 0 Å². The Bertz CT molecular complexity index is 147. The van der Waals surface area contributed by atoms with E-state index < -0.39 is 0 Å². The normalized spacial score (nSPS) is 26.0. The summed E-state index contributed by atoms with van der Waals surface area (Å²) in [5, 5.41) is 9.38. The molecule has 0 saturated carbocycles. The molecule has 0 aromatic heterocycles. The van der Waals surface area contributed by atoms with E-state index in [9.17, 15) is 5.11 Å². The highest BCUT2D eigenvalue weighted by molar-refractivity contribution is 4.88. The fourth-order valence-electron chi connectivity index (χ4n) is 1.83. The standard InChI is InChI=1S/C9H20N2O/c1-9(2)4-3-5-11(9)7-8(12)6-10/h8,12H,3-7,10H2,1-2H3/t8-/m0/s1. The number of aliphatic hydroxyl groups excluding tert-OH is 1. The van der Waals surface area contributed by atoms with Crippen molar-refractivity contribution in [3.05, 3.63) is 0 Å². The van der Waals surface area contributed by atoms with Crippen LogP contribution in [0.4, 0.5) is 0 Å². The molecule has 3 N–H and O–H groups in total. The first-order valence-electron chi connectivity index (χ1n) is 4.69. The van der Waals surface area contributed by atoms with Gasteiger partial charge >= 0.3 is 0 Å². The molecule has 1 heterocycles. The van der Waals surface area contributed by atoms with Gasteiger partial charge in [-0.25, -0.2) is 0 Å². The molecule has 0 unspecified atom stereocenters. The molecule has 1 aliphatic heterocycles. The average Bonchev–Trinajstić information content (AvgIpc) is 2.31. The molecule has 12 heavy (non-hydrogen) atoms. The first-order chi connectivity index (χ1) is 5.56. The Morgan fingerprint density at radius 2 is 2.25 bits per heavy atom. The van der Waals surface area contributed by atoms with E-state index in [2.05, 4.69) is 18.7 Å². The third kappa shape index (κ3) is 2.19. The number of hydrogen-bond acceptors (Lipinski definition) is 3. The molecule has 0 bridgehead atoms. The molecular formula is C9H20N2O. The molecule has 0 radical (unpaired) electrons. The highest BCUT2D eigenvalue weighted by Crippen LogP contribution is 2.27. The number of aliphatic hydroxyl groups is 1. The molecule has 0 aromatic rings. The predicted octanol–water partition coefficient (Wildman–Crippen LogP) is 0.180. The zero-order valence-electron chi connectivity index (χ0n) is 8.08. The van der Waals surface area contributed by atoms with Gasteiger partial charge in [0.25, 0.3) is 0 Å². The Labute approximate surface area is 74.5 Å². The lowest BCUT2D eigenvalue weighted by atomic mass is 10.0. The van der Waals surface area contributed by atoms with Crippen molar-refractivity contribution in [1.82, 2.24) is 4.90 Å². The van der Waals surface area contributed by atoms with Crippen molar-refractivity contribution < 1.29 is 5.11 Å². The van der Waals surface area contributed by atoms with Gasteiger partial charge < -0.3 is 10.8 Å². The van der Waals surface area contributed by atoms with Gasteiger partial charge in [-0.3, -0.25) is 4.90 Å². The SMILES string of the molecule is CC1(C)CCCN1C[C@@H](O)CN. The minimum absolute atomic E-state index is 0.260. The number of rotatable bonds is 3. The van der Waals surface area contributed by atoms with Crippen LogP contribution in [-0.2, 0) is 0 Å². The summed E-state index contributed by atoms with van der Waals surface area (Å²) in [5.41, 5.74) is 5.62. The number of hydrogen-bond donors (Lipinski definition) is 2. The molecule has 3 heteroatoms. The van der Waals surface area contributed by atoms with E-state index in [1.165, 1.54) is 12.8 Å². The molecule has 0 aliphatic carbocycles. The van der Waals surface area contributed by atoms with Crippen molar-refractivity contribution in [3.63, 3.8) is 0 Å². The Hall–Kier alpha value is -0.120. The average molecular weight is 172 g/mol. The Morgan fingerprint density at radius 3 is 2.67 bits per heavy atom. The predicted molar refractivity (Wildman–Crippen MR) is 49.9 cm³/mol. The van der Waals surface area contributed by atoms with E-state index in [1.807, 2.05) is 0 Å². The van der Waals surface area contributed by atoms with E-state index in [4.69, 9.17) is 5.73 Å². The van der Waals surface area contributed by atoms with Crippen molar-refractivity contribution in [1.29, 1.82) is 0 Å². The van der Waals surface area contributed by atoms with Crippen LogP contribution < -0.4 is 5.73 Å². The van der Waals surface area contributed by atoms with E-state index in [0.717, 1.165) is 13.1 Å². The fourth-order valence-corrected chi connectivity index (χ4v) is 1.83. The van der Waals surface area contributed by atoms with E-state index >= 15 is 0 Å². The van der Waals surface area contributed by atoms with Gasteiger partial charge in [-0.1, -0.05) is 0 Å². The summed E-state index contributed by atoms with van der Waals surface area (Å²) in [6.07, 6.45) is 2.11. The van der Waals surface area contributed by atoms with Gasteiger partial charge in [-0.15, -0.1) is 0 Å². The molecular weight excluding hydrogens is 152 g/mol. The minimum atomic E-state index is -0.359. The van der Waals surface area contributed by atoms with Crippen molar-refractivity contribution >= 4 is 0 Å². The smallest absolute Gasteiger partial charge is 0.0789 e. The van der Waals surface area contributed by atoms with Crippen LogP contribution in [0.5, 0.6) is 0 Å². The maximum Gasteiger partial charge on any atom is 0.0789 e. The molecule has 1 fully saturated rings. The summed E-state index contributed by atoms with van der Waals surface area (Å²) in [7, 11) is 0. The molecule has 1 saturated heterocycles. The van der Waals surface area contributed by atoms with Gasteiger partial charge in [0, 0.05) is 18.6 Å². The van der Waals surface area contributed by atoms with Gasteiger partial charge in [-0.05, 0) is 33.2 Å². The van der Waals surface area contributed by atoms with Gasteiger partial charge in [-0.2, -0.15) is 0 Å². The Morgan fingerprint density at radius 1 is 1.58 bits per heavy atom. The van der Waals surface area contributed by atoms with Crippen LogP contribution in [0.2, 0.25) is 0 Å². The van der Waals surface area contributed by atoms with Crippen LogP contribution in [0.3, 0.4) is 0 Å². The fraction of sp³-hybridized carbons (Fsp3) is 1.00. The third-order valence-corrected chi connectivity index (χ3v) is 2.78. The molecule has 1 aliphatic rings. The third-order valence-electron chi connectivity index (χ3n) is 2.78. The van der Waals surface area contributed by atoms with Crippen LogP contribution in [0.25, 0.3) is 0 Å². The number of nitrogens with two attached hydrogens (primary N) is 1. The molecule has 1 atom stereocenters. The maximum absolute atomic E-state index is 9.38. The van der Waals surface area contributed by atoms with Crippen molar-refractivity contribution in [2.24, 2.45) is 5.73 Å². The molecule has 0 spiro atoms. The first-order valence-corrected chi connectivity index (χ1v) is 4.69. The Balaban J connectivity index is 2.41. The summed E-state index contributed by atoms with van der Waals surface area (Å²) >= 11 is 0. The second-order valence-electron chi connectivity index (χ2n) is 4.25. The van der Waals surface area contributed by atoms with Crippen LogP contribution in [0.15, 0.2) is 0 Å². The second-order valence-corrected chi connectivity index (χ2v) is 4.25. The topological polar surface area (TPSA) is 49.5 Å². The van der Waals surface area contributed by atoms with Crippen LogP contribution in [-0.4, -0.2) is 41.3 Å². The summed E-state index contributed by atoms with van der Waals surface area (Å²) in [4.78, 5) is 2.32. The minimum Gasteiger partial charge on any atom is -0.390 e. The van der Waals surface area contributed by atoms with Crippen molar-refractivity contribution in [2.45, 2.75) is 38.3 Å². The number of nitrogens with zero attached hydrogens (tertiary/aromatic N) is 1. The zero-order valence-corrected chi connectivity index (χ0v) is 8.08. The maximum atomic E-state index is 9.38. The van der Waals surface area contributed by atoms with Crippen LogP contribution in [0.1, 0.15) is 26.7 Å². The second kappa shape index (κ2) is 3.73. The molecule has 72 valence electrons. The van der Waals surface area contributed by atoms with E-state index in [-0.39, 0.29) is 11.6 Å². The van der Waals surface area contributed by atoms with Gasteiger partial charge in [0.15, 0.2) is 0 Å². The summed E-state index contributed by atoms with van der Waals surface area (Å²) < 4.78 is 0. The number of β-amino-alcohol motifs (C(OH)–C–C–N with tert-alkyl or cyclic N) is 1. The molecule has 3 nitrogen and oxygen atoms in total. The number of likely N-dealkylation sites (tertiary alicyclic amines) is 1. The lowest BCUT2D eigenvalue weighted by Gasteiger charge is -2.32. The lowest BCUT2D eigenvalue weighted by Crippen LogP contribution is -2.44. The summed E-state index contributed by atoms with van der Waals surface area (Å²) in [6, 6.07) is 0. The summed E-state index contributed by atoms with van der Waals surface area (Å²) in [6.45, 7) is 6.65. The monoisotopic (exact) mass is 172 g/mol. The van der Waals surface area contributed by atoms with Crippen molar-refractivity contribution in [3.8, 4) is 0 Å². The highest BCUT2D eigenvalue weighted by Gasteiger charge is 2.32. The first kappa shape index (κ1) is 9.96. The molecule has 1 rings (SSSR count). The molecule has 0 aromatic carbocycles. The van der Waals surface area contributed by atoms with E-state index in [1.54, 1.807) is 0 Å². The van der Waals surface area contributed by atoms with E-state index in [0.29, 0.717) is 6.54 Å². The molecule has 0 amide bonds. The van der Waals surface area contributed by atoms with Crippen LogP contribution >= 0.6 is 0 Å². The zero-order chi connectivity index (χ0) is 9.19. The summed E-state index contributed by atoms with van der Waals surface area (Å²) in [5.74, 6) is 0. The van der Waals surface area contributed by atoms with Crippen LogP contribution in [0, 0.1) is 0 Å². The van der Waals surface area contributed by atoms with Crippen molar-refractivity contribution in [2.75, 3.05) is 19.6 Å². The quantitative estimate of drug-likeness (QED) is 0.638. The Kier molecular flexibility index (Phi) is 3.09. The largest absolute Gasteiger partial charge is 0.390 e. The van der Waals surface area contributed by atoms with Gasteiger partial charge in [0.05, 0.1) is 6.10 Å². The highest BCUT2D eigenvalue weighted by atomic mass is 16.3. The van der Waals surface area contributed by atoms with Gasteiger partial charge in [0.2, 0.25) is 0 Å².